The topological polar surface area (TPSA) is 84.2 Å². The Balaban J connectivity index is 1.46. The Hall–Kier alpha value is -3.59. The Morgan fingerprint density at radius 1 is 1.14 bits per heavy atom. The number of nitrogens with zero attached hydrogens (tertiary/aromatic N) is 1. The zero-order valence-electron chi connectivity index (χ0n) is 14.7. The Labute approximate surface area is 166 Å². The van der Waals surface area contributed by atoms with E-state index in [0.717, 1.165) is 28.9 Å². The first-order chi connectivity index (χ1) is 14.0. The van der Waals surface area contributed by atoms with Gasteiger partial charge in [-0.05, 0) is 24.3 Å². The summed E-state index contributed by atoms with van der Waals surface area (Å²) in [5.41, 5.74) is 0.619. The van der Waals surface area contributed by atoms with E-state index >= 15 is 0 Å². The van der Waals surface area contributed by atoms with Crippen LogP contribution < -0.4 is 16.3 Å². The molecule has 0 bridgehead atoms. The second-order valence-electron chi connectivity index (χ2n) is 6.05. The van der Waals surface area contributed by atoms with Crippen molar-refractivity contribution in [2.45, 2.75) is 0 Å². The van der Waals surface area contributed by atoms with Gasteiger partial charge in [0.25, 0.3) is 0 Å². The maximum Gasteiger partial charge on any atom is 0.345 e. The molecule has 0 saturated carbocycles. The maximum atomic E-state index is 13.6. The van der Waals surface area contributed by atoms with E-state index in [0.29, 0.717) is 11.3 Å². The van der Waals surface area contributed by atoms with Gasteiger partial charge >= 0.3 is 5.63 Å². The minimum absolute atomic E-state index is 0.00940. The Kier molecular flexibility index (Phi) is 5.05. The number of hydrogen-bond donors (Lipinski definition) is 2. The van der Waals surface area contributed by atoms with Crippen LogP contribution in [0.15, 0.2) is 63.1 Å². The molecule has 0 radical (unpaired) electrons. The van der Waals surface area contributed by atoms with Crippen molar-refractivity contribution in [2.24, 2.45) is 0 Å². The van der Waals surface area contributed by atoms with E-state index in [-0.39, 0.29) is 22.9 Å². The smallest absolute Gasteiger partial charge is 0.345 e. The molecule has 146 valence electrons. The highest BCUT2D eigenvalue weighted by atomic mass is 32.1. The van der Waals surface area contributed by atoms with Crippen LogP contribution in [0.5, 0.6) is 0 Å². The van der Waals surface area contributed by atoms with Gasteiger partial charge in [-0.3, -0.25) is 4.79 Å². The van der Waals surface area contributed by atoms with Gasteiger partial charge in [-0.2, -0.15) is 0 Å². The first kappa shape index (κ1) is 18.8. The maximum absolute atomic E-state index is 13.6. The summed E-state index contributed by atoms with van der Waals surface area (Å²) in [6, 6.07) is 11.8. The third-order valence-corrected chi connectivity index (χ3v) is 4.80. The van der Waals surface area contributed by atoms with Gasteiger partial charge in [-0.25, -0.2) is 18.6 Å². The van der Waals surface area contributed by atoms with Crippen LogP contribution in [0.4, 0.5) is 19.6 Å². The first-order valence-electron chi connectivity index (χ1n) is 8.47. The molecule has 2 aromatic heterocycles. The molecule has 9 heteroatoms. The molecule has 1 amide bonds. The summed E-state index contributed by atoms with van der Waals surface area (Å²) in [5.74, 6) is -1.97. The minimum Gasteiger partial charge on any atom is -0.422 e. The number of rotatable bonds is 5. The van der Waals surface area contributed by atoms with E-state index < -0.39 is 23.2 Å². The molecule has 0 aliphatic heterocycles. The highest BCUT2D eigenvalue weighted by Gasteiger charge is 2.13. The second-order valence-corrected chi connectivity index (χ2v) is 6.91. The SMILES string of the molecule is O=C(CNc1ccc(F)cc1F)Nc1nc(-c2cc3ccccc3oc2=O)cs1. The Morgan fingerprint density at radius 2 is 1.97 bits per heavy atom. The van der Waals surface area contributed by atoms with Crippen molar-refractivity contribution < 1.29 is 18.0 Å². The first-order valence-corrected chi connectivity index (χ1v) is 9.35. The van der Waals surface area contributed by atoms with Gasteiger partial charge in [0.05, 0.1) is 23.5 Å². The molecular formula is C20H13F2N3O3S. The second kappa shape index (κ2) is 7.80. The molecule has 0 atom stereocenters. The molecule has 0 aliphatic rings. The quantitative estimate of drug-likeness (QED) is 0.478. The lowest BCUT2D eigenvalue weighted by Crippen LogP contribution is -2.22. The van der Waals surface area contributed by atoms with Crippen molar-refractivity contribution in [1.82, 2.24) is 4.98 Å². The molecule has 4 rings (SSSR count). The number of nitrogens with one attached hydrogen (secondary N) is 2. The number of carbonyl (C=O) groups is 1. The van der Waals surface area contributed by atoms with E-state index in [4.69, 9.17) is 4.42 Å². The molecule has 0 saturated heterocycles. The molecule has 0 aliphatic carbocycles. The zero-order chi connectivity index (χ0) is 20.4. The van der Waals surface area contributed by atoms with Gasteiger partial charge in [-0.15, -0.1) is 11.3 Å². The van der Waals surface area contributed by atoms with Crippen LogP contribution in [0.25, 0.3) is 22.2 Å². The van der Waals surface area contributed by atoms with Crippen molar-refractivity contribution in [2.75, 3.05) is 17.2 Å². The fraction of sp³-hybridized carbons (Fsp3) is 0.0500. The van der Waals surface area contributed by atoms with Crippen LogP contribution in [-0.4, -0.2) is 17.4 Å². The van der Waals surface area contributed by atoms with Crippen LogP contribution in [-0.2, 0) is 4.79 Å². The average molecular weight is 413 g/mol. The van der Waals surface area contributed by atoms with Gasteiger partial charge in [-0.1, -0.05) is 18.2 Å². The van der Waals surface area contributed by atoms with Gasteiger partial charge in [0.15, 0.2) is 5.13 Å². The van der Waals surface area contributed by atoms with Crippen molar-refractivity contribution in [3.63, 3.8) is 0 Å². The summed E-state index contributed by atoms with van der Waals surface area (Å²) in [6.45, 7) is -0.240. The van der Waals surface area contributed by atoms with Gasteiger partial charge in [0.2, 0.25) is 5.91 Å². The number of aromatic nitrogens is 1. The highest BCUT2D eigenvalue weighted by Crippen LogP contribution is 2.25. The average Bonchev–Trinajstić information content (AvgIpc) is 3.15. The Bertz CT molecular complexity index is 1270. The lowest BCUT2D eigenvalue weighted by molar-refractivity contribution is -0.114. The molecular weight excluding hydrogens is 400 g/mol. The number of amides is 1. The zero-order valence-corrected chi connectivity index (χ0v) is 15.6. The summed E-state index contributed by atoms with van der Waals surface area (Å²) in [4.78, 5) is 28.5. The molecule has 2 aromatic carbocycles. The fourth-order valence-corrected chi connectivity index (χ4v) is 3.39. The minimum atomic E-state index is -0.794. The monoisotopic (exact) mass is 413 g/mol. The van der Waals surface area contributed by atoms with E-state index in [1.807, 2.05) is 12.1 Å². The van der Waals surface area contributed by atoms with Crippen molar-refractivity contribution in [3.05, 3.63) is 76.0 Å². The van der Waals surface area contributed by atoms with Crippen LogP contribution in [0, 0.1) is 11.6 Å². The third kappa shape index (κ3) is 4.14. The number of benzene rings is 2. The highest BCUT2D eigenvalue weighted by molar-refractivity contribution is 7.14. The van der Waals surface area contributed by atoms with Gasteiger partial charge in [0.1, 0.15) is 17.2 Å². The van der Waals surface area contributed by atoms with Crippen LogP contribution in [0.3, 0.4) is 0 Å². The van der Waals surface area contributed by atoms with Gasteiger partial charge in [0, 0.05) is 16.8 Å². The van der Waals surface area contributed by atoms with E-state index in [2.05, 4.69) is 15.6 Å². The molecule has 0 fully saturated rings. The molecule has 4 aromatic rings. The van der Waals surface area contributed by atoms with Crippen molar-refractivity contribution in [1.29, 1.82) is 0 Å². The van der Waals surface area contributed by atoms with Crippen molar-refractivity contribution >= 4 is 39.0 Å². The predicted molar refractivity (Wildman–Crippen MR) is 107 cm³/mol. The van der Waals surface area contributed by atoms with Crippen LogP contribution in [0.2, 0.25) is 0 Å². The number of anilines is 2. The number of para-hydroxylation sites is 1. The molecule has 29 heavy (non-hydrogen) atoms. The lowest BCUT2D eigenvalue weighted by atomic mass is 10.1. The summed E-state index contributed by atoms with van der Waals surface area (Å²) in [5, 5.41) is 7.81. The summed E-state index contributed by atoms with van der Waals surface area (Å²) in [6.07, 6.45) is 0. The summed E-state index contributed by atoms with van der Waals surface area (Å²) < 4.78 is 31.8. The lowest BCUT2D eigenvalue weighted by Gasteiger charge is -2.07. The summed E-state index contributed by atoms with van der Waals surface area (Å²) in [7, 11) is 0. The largest absolute Gasteiger partial charge is 0.422 e. The number of carbonyl (C=O) groups excluding carboxylic acids is 1. The van der Waals surface area contributed by atoms with Crippen molar-refractivity contribution in [3.8, 4) is 11.3 Å². The third-order valence-electron chi connectivity index (χ3n) is 4.04. The molecule has 6 nitrogen and oxygen atoms in total. The van der Waals surface area contributed by atoms with E-state index in [9.17, 15) is 18.4 Å². The van der Waals surface area contributed by atoms with E-state index in [1.165, 1.54) is 6.07 Å². The number of halogens is 2. The Morgan fingerprint density at radius 3 is 2.79 bits per heavy atom. The molecule has 2 N–H and O–H groups in total. The normalized spacial score (nSPS) is 10.8. The van der Waals surface area contributed by atoms with Gasteiger partial charge < -0.3 is 15.1 Å². The van der Waals surface area contributed by atoms with E-state index in [1.54, 1.807) is 23.6 Å². The van der Waals surface area contributed by atoms with Crippen LogP contribution in [0.1, 0.15) is 0 Å². The predicted octanol–water partition coefficient (Wildman–Crippen LogP) is 4.25. The summed E-state index contributed by atoms with van der Waals surface area (Å²) >= 11 is 1.14. The molecule has 0 unspecified atom stereocenters. The fourth-order valence-electron chi connectivity index (χ4n) is 2.67. The number of hydrogen-bond acceptors (Lipinski definition) is 6. The standard InChI is InChI=1S/C20H13F2N3O3S/c21-12-5-6-15(14(22)8-12)23-9-18(26)25-20-24-16(10-29-20)13-7-11-3-1-2-4-17(11)28-19(13)27/h1-8,10,23H,9H2,(H,24,25,26). The number of thiazole rings is 1. The molecule has 0 spiro atoms. The van der Waals surface area contributed by atoms with Crippen LogP contribution >= 0.6 is 11.3 Å². The number of fused-ring (bicyclic) bond motifs is 1. The molecule has 2 heterocycles.